The van der Waals surface area contributed by atoms with E-state index in [0.29, 0.717) is 32.5 Å². The van der Waals surface area contributed by atoms with Gasteiger partial charge in [0.2, 0.25) is 11.8 Å². The number of fused-ring (bicyclic) bond motifs is 1. The molecule has 2 aliphatic heterocycles. The Bertz CT molecular complexity index is 934. The van der Waals surface area contributed by atoms with Gasteiger partial charge in [-0.1, -0.05) is 42.5 Å². The van der Waals surface area contributed by atoms with Gasteiger partial charge < -0.3 is 25.2 Å². The van der Waals surface area contributed by atoms with Gasteiger partial charge in [0.25, 0.3) is 0 Å². The Morgan fingerprint density at radius 3 is 2.66 bits per heavy atom. The number of hydrogen-bond donors (Lipinski definition) is 2. The summed E-state index contributed by atoms with van der Waals surface area (Å²) in [6, 6.07) is 17.1. The Hall–Kier alpha value is -2.90. The van der Waals surface area contributed by atoms with Crippen molar-refractivity contribution < 1.29 is 14.3 Å². The van der Waals surface area contributed by atoms with Crippen molar-refractivity contribution in [1.82, 2.24) is 20.4 Å². The van der Waals surface area contributed by atoms with Gasteiger partial charge in [0, 0.05) is 32.1 Å². The summed E-state index contributed by atoms with van der Waals surface area (Å²) >= 11 is 0. The van der Waals surface area contributed by atoms with Gasteiger partial charge in [0.1, 0.15) is 24.4 Å². The lowest BCUT2D eigenvalue weighted by molar-refractivity contribution is -0.147. The van der Waals surface area contributed by atoms with E-state index in [1.165, 1.54) is 0 Å². The highest BCUT2D eigenvalue weighted by atomic mass is 16.5. The molecule has 0 spiro atoms. The lowest BCUT2D eigenvalue weighted by Crippen LogP contribution is -2.61. The third kappa shape index (κ3) is 5.47. The van der Waals surface area contributed by atoms with E-state index in [1.807, 2.05) is 62.6 Å². The molecule has 2 aromatic carbocycles. The minimum atomic E-state index is -0.490. The first kappa shape index (κ1) is 22.3. The van der Waals surface area contributed by atoms with Gasteiger partial charge in [-0.15, -0.1) is 0 Å². The maximum Gasteiger partial charge on any atom is 0.246 e. The molecule has 32 heavy (non-hydrogen) atoms. The molecule has 4 rings (SSSR count). The molecule has 0 radical (unpaired) electrons. The first-order chi connectivity index (χ1) is 15.5. The standard InChI is InChI=1S/C25H32N4O3/c1-28(2)11-12-32-21-10-6-9-19(13-21)16-26-20-15-23-24(30)27-22(25(31)29(23)17-20)14-18-7-4-3-5-8-18/h3-10,13,20,22-23,26H,11-12,14-17H2,1-2H3,(H,27,30)/t20-,22-,23-/m0/s1. The first-order valence-electron chi connectivity index (χ1n) is 11.2. The molecule has 2 aliphatic rings. The summed E-state index contributed by atoms with van der Waals surface area (Å²) in [5, 5.41) is 6.46. The summed E-state index contributed by atoms with van der Waals surface area (Å²) in [5.41, 5.74) is 2.17. The van der Waals surface area contributed by atoms with Crippen LogP contribution in [0.1, 0.15) is 17.5 Å². The van der Waals surface area contributed by atoms with Crippen LogP contribution >= 0.6 is 0 Å². The normalized spacial score (nSPS) is 22.7. The minimum Gasteiger partial charge on any atom is -0.492 e. The van der Waals surface area contributed by atoms with Crippen LogP contribution in [-0.2, 0) is 22.6 Å². The van der Waals surface area contributed by atoms with Crippen molar-refractivity contribution in [2.45, 2.75) is 37.5 Å². The van der Waals surface area contributed by atoms with Crippen LogP contribution in [0.2, 0.25) is 0 Å². The summed E-state index contributed by atoms with van der Waals surface area (Å²) in [6.45, 7) is 2.73. The smallest absolute Gasteiger partial charge is 0.246 e. The van der Waals surface area contributed by atoms with E-state index < -0.39 is 6.04 Å². The van der Waals surface area contributed by atoms with Crippen molar-refractivity contribution in [3.8, 4) is 5.75 Å². The molecule has 2 heterocycles. The van der Waals surface area contributed by atoms with Crippen molar-refractivity contribution >= 4 is 11.8 Å². The van der Waals surface area contributed by atoms with Crippen molar-refractivity contribution in [3.63, 3.8) is 0 Å². The number of hydrogen-bond acceptors (Lipinski definition) is 5. The minimum absolute atomic E-state index is 0.0130. The zero-order chi connectivity index (χ0) is 22.5. The van der Waals surface area contributed by atoms with Crippen LogP contribution < -0.4 is 15.4 Å². The molecule has 0 unspecified atom stereocenters. The predicted octanol–water partition coefficient (Wildman–Crippen LogP) is 1.43. The molecule has 7 heteroatoms. The largest absolute Gasteiger partial charge is 0.492 e. The number of piperazine rings is 1. The second-order valence-corrected chi connectivity index (χ2v) is 8.87. The van der Waals surface area contributed by atoms with Gasteiger partial charge in [-0.3, -0.25) is 9.59 Å². The molecule has 2 fully saturated rings. The number of carbonyl (C=O) groups is 2. The Kier molecular flexibility index (Phi) is 7.07. The number of benzene rings is 2. The number of ether oxygens (including phenoxy) is 1. The summed E-state index contributed by atoms with van der Waals surface area (Å²) in [5.74, 6) is 0.818. The van der Waals surface area contributed by atoms with Gasteiger partial charge in [0.15, 0.2) is 0 Å². The van der Waals surface area contributed by atoms with E-state index >= 15 is 0 Å². The number of amides is 2. The van der Waals surface area contributed by atoms with Crippen molar-refractivity contribution in [2.24, 2.45) is 0 Å². The van der Waals surface area contributed by atoms with E-state index in [0.717, 1.165) is 23.4 Å². The third-order valence-corrected chi connectivity index (χ3v) is 6.08. The molecule has 0 aromatic heterocycles. The molecular formula is C25H32N4O3. The Morgan fingerprint density at radius 1 is 1.09 bits per heavy atom. The molecule has 2 saturated heterocycles. The SMILES string of the molecule is CN(C)CCOc1cccc(CN[C@H]2C[C@H]3C(=O)N[C@@H](Cc4ccccc4)C(=O)N3C2)c1. The van der Waals surface area contributed by atoms with Crippen molar-refractivity contribution in [3.05, 3.63) is 65.7 Å². The molecule has 0 saturated carbocycles. The van der Waals surface area contributed by atoms with E-state index in [2.05, 4.69) is 21.6 Å². The van der Waals surface area contributed by atoms with E-state index in [1.54, 1.807) is 4.90 Å². The molecule has 7 nitrogen and oxygen atoms in total. The van der Waals surface area contributed by atoms with Gasteiger partial charge in [-0.05, 0) is 43.8 Å². The molecule has 2 N–H and O–H groups in total. The summed E-state index contributed by atoms with van der Waals surface area (Å²) in [7, 11) is 4.04. The fourth-order valence-corrected chi connectivity index (χ4v) is 4.35. The molecule has 3 atom stereocenters. The zero-order valence-corrected chi connectivity index (χ0v) is 18.8. The fraction of sp³-hybridized carbons (Fsp3) is 0.440. The fourth-order valence-electron chi connectivity index (χ4n) is 4.35. The average Bonchev–Trinajstić information content (AvgIpc) is 3.22. The molecular weight excluding hydrogens is 404 g/mol. The van der Waals surface area contributed by atoms with Crippen LogP contribution in [0.15, 0.2) is 54.6 Å². The molecule has 170 valence electrons. The molecule has 2 aromatic rings. The van der Waals surface area contributed by atoms with E-state index in [-0.39, 0.29) is 23.9 Å². The summed E-state index contributed by atoms with van der Waals surface area (Å²) < 4.78 is 5.82. The molecule has 0 aliphatic carbocycles. The predicted molar refractivity (Wildman–Crippen MR) is 123 cm³/mol. The Labute approximate surface area is 189 Å². The Balaban J connectivity index is 1.31. The lowest BCUT2D eigenvalue weighted by Gasteiger charge is -2.34. The highest BCUT2D eigenvalue weighted by Gasteiger charge is 2.46. The third-order valence-electron chi connectivity index (χ3n) is 6.08. The second kappa shape index (κ2) is 10.1. The quantitative estimate of drug-likeness (QED) is 0.622. The first-order valence-corrected chi connectivity index (χ1v) is 11.2. The zero-order valence-electron chi connectivity index (χ0n) is 18.8. The number of rotatable bonds is 9. The maximum atomic E-state index is 13.0. The van der Waals surface area contributed by atoms with Crippen LogP contribution in [0.4, 0.5) is 0 Å². The Morgan fingerprint density at radius 2 is 1.88 bits per heavy atom. The number of carbonyl (C=O) groups excluding carboxylic acids is 2. The molecule has 0 bridgehead atoms. The van der Waals surface area contributed by atoms with Crippen LogP contribution in [0.3, 0.4) is 0 Å². The molecule has 2 amide bonds. The number of nitrogens with zero attached hydrogens (tertiary/aromatic N) is 2. The lowest BCUT2D eigenvalue weighted by atomic mass is 10.0. The summed E-state index contributed by atoms with van der Waals surface area (Å²) in [4.78, 5) is 29.6. The average molecular weight is 437 g/mol. The topological polar surface area (TPSA) is 73.9 Å². The van der Waals surface area contributed by atoms with Crippen LogP contribution in [0, 0.1) is 0 Å². The highest BCUT2D eigenvalue weighted by molar-refractivity contribution is 5.97. The van der Waals surface area contributed by atoms with Crippen LogP contribution in [0.5, 0.6) is 5.75 Å². The van der Waals surface area contributed by atoms with E-state index in [4.69, 9.17) is 4.74 Å². The van der Waals surface area contributed by atoms with E-state index in [9.17, 15) is 9.59 Å². The maximum absolute atomic E-state index is 13.0. The van der Waals surface area contributed by atoms with Crippen LogP contribution in [-0.4, -0.2) is 73.5 Å². The van der Waals surface area contributed by atoms with Gasteiger partial charge in [-0.2, -0.15) is 0 Å². The number of likely N-dealkylation sites (N-methyl/N-ethyl adjacent to an activating group) is 1. The van der Waals surface area contributed by atoms with Crippen LogP contribution in [0.25, 0.3) is 0 Å². The van der Waals surface area contributed by atoms with Crippen molar-refractivity contribution in [2.75, 3.05) is 33.8 Å². The van der Waals surface area contributed by atoms with Crippen molar-refractivity contribution in [1.29, 1.82) is 0 Å². The highest BCUT2D eigenvalue weighted by Crippen LogP contribution is 2.24. The summed E-state index contributed by atoms with van der Waals surface area (Å²) in [6.07, 6.45) is 1.15. The van der Waals surface area contributed by atoms with Gasteiger partial charge in [-0.25, -0.2) is 0 Å². The number of nitrogens with one attached hydrogen (secondary N) is 2. The monoisotopic (exact) mass is 436 g/mol. The second-order valence-electron chi connectivity index (χ2n) is 8.87. The van der Waals surface area contributed by atoms with Gasteiger partial charge >= 0.3 is 0 Å². The van der Waals surface area contributed by atoms with Gasteiger partial charge in [0.05, 0.1) is 0 Å².